The van der Waals surface area contributed by atoms with Crippen LogP contribution >= 0.6 is 0 Å². The first-order chi connectivity index (χ1) is 39.2. The van der Waals surface area contributed by atoms with Crippen molar-refractivity contribution in [1.82, 2.24) is 10.6 Å². The number of amides is 2. The summed E-state index contributed by atoms with van der Waals surface area (Å²) in [5, 5.41) is 6.10. The molecule has 0 aromatic rings. The molecule has 2 amide bonds. The smallest absolute Gasteiger partial charge is 0.407 e. The predicted octanol–water partition coefficient (Wildman–Crippen LogP) is 12.1. The summed E-state index contributed by atoms with van der Waals surface area (Å²) in [6.07, 6.45) is 21.5. The monoisotopic (exact) mass is 1180 g/mol. The molecule has 5 fully saturated rings. The van der Waals surface area contributed by atoms with Gasteiger partial charge in [0.05, 0.1) is 32.3 Å². The first kappa shape index (κ1) is 72.9. The SMILES string of the molecule is C1CC2C3CCC(C3)C2C1.CCOC(=O)COC(=O)CCC1(C)CC(NC(=O)CCCCOCOC(=O)C(C)CC)CC(C)(C)C1.CCOC(=O)COCCCCC(=O)CCC1(C)CC(NC(=O)OCC(=O)OCC(C)CC)CC(C)(C)C1. The Kier molecular flexibility index (Phi) is 32.8. The van der Waals surface area contributed by atoms with Crippen LogP contribution in [0, 0.1) is 57.2 Å². The summed E-state index contributed by atoms with van der Waals surface area (Å²) in [6.45, 7) is 25.2. The number of ketones is 1. The van der Waals surface area contributed by atoms with Crippen LogP contribution in [0.3, 0.4) is 0 Å². The minimum Gasteiger partial charge on any atom is -0.464 e. The molecular formula is C65H112N2O16. The van der Waals surface area contributed by atoms with Crippen LogP contribution in [-0.4, -0.2) is 119 Å². The Morgan fingerprint density at radius 2 is 1.05 bits per heavy atom. The fraction of sp³-hybridized carbons (Fsp3) is 0.877. The highest BCUT2D eigenvalue weighted by Crippen LogP contribution is 2.58. The molecular weight excluding hydrogens is 1060 g/mol. The van der Waals surface area contributed by atoms with Crippen LogP contribution in [-0.2, 0) is 71.5 Å². The molecule has 18 nitrogen and oxygen atoms in total. The summed E-state index contributed by atoms with van der Waals surface area (Å²) in [7, 11) is 0. The van der Waals surface area contributed by atoms with Crippen molar-refractivity contribution in [2.24, 2.45) is 57.2 Å². The summed E-state index contributed by atoms with van der Waals surface area (Å²) in [5.41, 5.74) is -0.184. The minimum absolute atomic E-state index is 0.000517. The summed E-state index contributed by atoms with van der Waals surface area (Å²) >= 11 is 0. The van der Waals surface area contributed by atoms with Crippen LogP contribution in [0.15, 0.2) is 0 Å². The van der Waals surface area contributed by atoms with Gasteiger partial charge >= 0.3 is 35.9 Å². The highest BCUT2D eigenvalue weighted by molar-refractivity contribution is 5.79. The molecule has 5 aliphatic rings. The van der Waals surface area contributed by atoms with Gasteiger partial charge in [-0.15, -0.1) is 0 Å². The largest absolute Gasteiger partial charge is 0.464 e. The molecule has 5 saturated carbocycles. The highest BCUT2D eigenvalue weighted by atomic mass is 16.7. The number of carbonyl (C=O) groups excluding carboxylic acids is 8. The normalized spacial score (nSPS) is 26.0. The van der Waals surface area contributed by atoms with Crippen molar-refractivity contribution >= 4 is 47.6 Å². The van der Waals surface area contributed by atoms with E-state index in [4.69, 9.17) is 37.9 Å². The summed E-state index contributed by atoms with van der Waals surface area (Å²) in [5.74, 6) is 3.03. The van der Waals surface area contributed by atoms with Gasteiger partial charge in [0.15, 0.2) is 20.0 Å². The van der Waals surface area contributed by atoms with Gasteiger partial charge in [-0.05, 0) is 181 Å². The van der Waals surface area contributed by atoms with E-state index in [1.165, 1.54) is 23.7 Å². The van der Waals surface area contributed by atoms with Gasteiger partial charge in [-0.2, -0.15) is 0 Å². The number of alkyl carbamates (subject to hydrolysis) is 1. The van der Waals surface area contributed by atoms with Crippen molar-refractivity contribution in [1.29, 1.82) is 0 Å². The lowest BCUT2D eigenvalue weighted by Gasteiger charge is -2.47. The number of unbranched alkanes of at least 4 members (excludes halogenated alkanes) is 2. The maximum atomic E-state index is 12.5. The van der Waals surface area contributed by atoms with Crippen LogP contribution in [0.5, 0.6) is 0 Å². The molecule has 2 bridgehead atoms. The third kappa shape index (κ3) is 29.6. The molecule has 0 aromatic heterocycles. The molecule has 0 aliphatic heterocycles. The fourth-order valence-electron chi connectivity index (χ4n) is 14.1. The minimum atomic E-state index is -0.619. The van der Waals surface area contributed by atoms with Crippen molar-refractivity contribution in [2.75, 3.05) is 59.6 Å². The van der Waals surface area contributed by atoms with Gasteiger partial charge in [0.1, 0.15) is 12.4 Å². The van der Waals surface area contributed by atoms with Gasteiger partial charge in [-0.3, -0.25) is 19.2 Å². The van der Waals surface area contributed by atoms with E-state index in [2.05, 4.69) is 52.2 Å². The summed E-state index contributed by atoms with van der Waals surface area (Å²) < 4.78 is 40.5. The van der Waals surface area contributed by atoms with Crippen molar-refractivity contribution < 1.29 is 76.3 Å². The van der Waals surface area contributed by atoms with E-state index in [-0.39, 0.29) is 102 Å². The Hall–Kier alpha value is -4.32. The zero-order chi connectivity index (χ0) is 61.6. The van der Waals surface area contributed by atoms with Crippen LogP contribution in [0.2, 0.25) is 0 Å². The van der Waals surface area contributed by atoms with Gasteiger partial charge in [0.2, 0.25) is 5.91 Å². The summed E-state index contributed by atoms with van der Waals surface area (Å²) in [6, 6.07) is -0.0537. The number of carbonyl (C=O) groups is 8. The van der Waals surface area contributed by atoms with Crippen molar-refractivity contribution in [3.8, 4) is 0 Å². The molecule has 0 radical (unpaired) electrons. The van der Waals surface area contributed by atoms with Gasteiger partial charge in [-0.25, -0.2) is 19.2 Å². The van der Waals surface area contributed by atoms with Crippen LogP contribution < -0.4 is 10.6 Å². The molecule has 83 heavy (non-hydrogen) atoms. The summed E-state index contributed by atoms with van der Waals surface area (Å²) in [4.78, 5) is 95.5. The lowest BCUT2D eigenvalue weighted by molar-refractivity contribution is -0.160. The van der Waals surface area contributed by atoms with Crippen molar-refractivity contribution in [2.45, 2.75) is 249 Å². The van der Waals surface area contributed by atoms with E-state index in [1.54, 1.807) is 52.4 Å². The van der Waals surface area contributed by atoms with Crippen LogP contribution in [0.25, 0.3) is 0 Å². The first-order valence-electron chi connectivity index (χ1n) is 31.9. The van der Waals surface area contributed by atoms with E-state index in [0.717, 1.165) is 64.2 Å². The van der Waals surface area contributed by atoms with E-state index in [0.29, 0.717) is 71.4 Å². The quantitative estimate of drug-likeness (QED) is 0.0269. The van der Waals surface area contributed by atoms with Crippen LogP contribution in [0.4, 0.5) is 4.79 Å². The van der Waals surface area contributed by atoms with Gasteiger partial charge < -0.3 is 48.5 Å². The third-order valence-corrected chi connectivity index (χ3v) is 17.8. The van der Waals surface area contributed by atoms with E-state index in [1.807, 2.05) is 27.7 Å². The van der Waals surface area contributed by atoms with Gasteiger partial charge in [0.25, 0.3) is 0 Å². The molecule has 2 N–H and O–H groups in total. The third-order valence-electron chi connectivity index (χ3n) is 17.8. The Morgan fingerprint density at radius 1 is 0.518 bits per heavy atom. The maximum absolute atomic E-state index is 12.5. The van der Waals surface area contributed by atoms with Gasteiger partial charge in [-0.1, -0.05) is 82.1 Å². The molecule has 10 atom stereocenters. The number of hydrogen-bond donors (Lipinski definition) is 2. The highest BCUT2D eigenvalue weighted by Gasteiger charge is 2.49. The Morgan fingerprint density at radius 3 is 1.63 bits per heavy atom. The second kappa shape index (κ2) is 37.3. The van der Waals surface area contributed by atoms with Gasteiger partial charge in [0, 0.05) is 44.4 Å². The average Bonchev–Trinajstić information content (AvgIpc) is 3.71. The molecule has 0 saturated heterocycles. The Bertz CT molecular complexity index is 1990. The van der Waals surface area contributed by atoms with Crippen molar-refractivity contribution in [3.63, 3.8) is 0 Å². The predicted molar refractivity (Wildman–Crippen MR) is 316 cm³/mol. The second-order valence-corrected chi connectivity index (χ2v) is 27.2. The number of Topliss-reactive ketones (excluding diaryl/α,β-unsaturated/α-hetero) is 1. The van der Waals surface area contributed by atoms with Crippen LogP contribution in [0.1, 0.15) is 237 Å². The van der Waals surface area contributed by atoms with Crippen molar-refractivity contribution in [3.05, 3.63) is 0 Å². The zero-order valence-electron chi connectivity index (χ0n) is 53.5. The molecule has 0 spiro atoms. The molecule has 5 rings (SSSR count). The number of ether oxygens (including phenoxy) is 8. The fourth-order valence-corrected chi connectivity index (χ4v) is 14.1. The Balaban J connectivity index is 0.000000369. The molecule has 478 valence electrons. The molecule has 18 heteroatoms. The Labute approximate surface area is 498 Å². The molecule has 0 aromatic carbocycles. The second-order valence-electron chi connectivity index (χ2n) is 27.2. The number of fused-ring (bicyclic) bond motifs is 5. The maximum Gasteiger partial charge on any atom is 0.407 e. The lowest BCUT2D eigenvalue weighted by Crippen LogP contribution is -2.47. The number of hydrogen-bond acceptors (Lipinski definition) is 16. The first-order valence-corrected chi connectivity index (χ1v) is 31.9. The number of esters is 5. The van der Waals surface area contributed by atoms with E-state index in [9.17, 15) is 38.4 Å². The molecule has 0 heterocycles. The zero-order valence-corrected chi connectivity index (χ0v) is 53.5. The lowest BCUT2D eigenvalue weighted by atomic mass is 9.61. The van der Waals surface area contributed by atoms with E-state index < -0.39 is 30.6 Å². The number of nitrogens with one attached hydrogen (secondary N) is 2. The van der Waals surface area contributed by atoms with E-state index >= 15 is 0 Å². The average molecular weight is 1180 g/mol. The standard InChI is InChI=1S/C28H49NO8.C27H47NO8.C10H16/c1-7-21(3)17-36-25(32)19-37-26(33)29-22-15-27(4,5)20-28(6,16-22)13-12-23(30)11-9-10-14-34-18-24(31)35-8-2;1-7-20(3)25(32)36-19-33-14-10-9-11-22(29)28-21-15-26(4,5)18-27(6,16-21)13-12-23(30)35-17-24(31)34-8-2;1-2-9-7-4-5-8(6-7)10(9)3-1/h21-22H,7-20H2,1-6H3,(H,29,33);20-21H,7-19H2,1-6H3,(H,28,29);7-10H,1-6H2. The number of rotatable bonds is 33. The topological polar surface area (TPSA) is 234 Å². The molecule has 5 aliphatic carbocycles. The molecule has 10 unspecified atom stereocenters.